The van der Waals surface area contributed by atoms with E-state index < -0.39 is 0 Å². The van der Waals surface area contributed by atoms with Gasteiger partial charge in [0.25, 0.3) is 0 Å². The van der Waals surface area contributed by atoms with Crippen molar-refractivity contribution in [2.75, 3.05) is 7.05 Å². The monoisotopic (exact) mass is 265 g/mol. The quantitative estimate of drug-likeness (QED) is 0.901. The molecule has 2 atom stereocenters. The molecule has 1 aromatic rings. The number of aromatic nitrogens is 1. The molecule has 106 valence electrons. The molecule has 1 amide bonds. The third-order valence-corrected chi connectivity index (χ3v) is 3.91. The maximum atomic E-state index is 12.2. The van der Waals surface area contributed by atoms with Gasteiger partial charge in [-0.25, -0.2) is 0 Å². The van der Waals surface area contributed by atoms with Gasteiger partial charge < -0.3 is 15.2 Å². The van der Waals surface area contributed by atoms with E-state index in [1.54, 1.807) is 11.9 Å². The molecule has 1 saturated carbocycles. The third kappa shape index (κ3) is 3.80. The maximum absolute atomic E-state index is 12.2. The minimum atomic E-state index is 0.142. The zero-order chi connectivity index (χ0) is 13.8. The maximum Gasteiger partial charge on any atom is 0.223 e. The largest absolute Gasteiger partial charge is 0.361 e. The summed E-state index contributed by atoms with van der Waals surface area (Å²) >= 11 is 0. The van der Waals surface area contributed by atoms with Crippen molar-refractivity contribution in [3.05, 3.63) is 17.5 Å². The number of amides is 1. The van der Waals surface area contributed by atoms with Crippen LogP contribution in [-0.4, -0.2) is 29.1 Å². The molecule has 19 heavy (non-hydrogen) atoms. The molecule has 0 spiro atoms. The van der Waals surface area contributed by atoms with Crippen molar-refractivity contribution >= 4 is 5.91 Å². The number of carbonyl (C=O) groups excluding carboxylic acids is 1. The van der Waals surface area contributed by atoms with Crippen LogP contribution >= 0.6 is 0 Å². The van der Waals surface area contributed by atoms with Gasteiger partial charge in [0, 0.05) is 25.6 Å². The summed E-state index contributed by atoms with van der Waals surface area (Å²) in [5.74, 6) is 1.25. The second-order valence-electron chi connectivity index (χ2n) is 5.59. The summed E-state index contributed by atoms with van der Waals surface area (Å²) in [6.45, 7) is 2.34. The fourth-order valence-corrected chi connectivity index (χ4v) is 2.69. The number of nitrogens with two attached hydrogens (primary N) is 1. The standard InChI is InChI=1S/C14H23N3O2/c1-10-7-12(16-19-10)9-17(2)14(18)8-11-5-3-4-6-13(11)15/h7,11,13H,3-6,8-9,15H2,1-2H3. The highest BCUT2D eigenvalue weighted by atomic mass is 16.5. The van der Waals surface area contributed by atoms with Crippen molar-refractivity contribution < 1.29 is 9.32 Å². The van der Waals surface area contributed by atoms with Crippen LogP contribution in [0.4, 0.5) is 0 Å². The number of rotatable bonds is 4. The molecule has 5 heteroatoms. The molecule has 2 rings (SSSR count). The highest BCUT2D eigenvalue weighted by molar-refractivity contribution is 5.76. The van der Waals surface area contributed by atoms with Crippen LogP contribution in [0.1, 0.15) is 43.6 Å². The molecular weight excluding hydrogens is 242 g/mol. The smallest absolute Gasteiger partial charge is 0.223 e. The highest BCUT2D eigenvalue weighted by Crippen LogP contribution is 2.26. The zero-order valence-electron chi connectivity index (χ0n) is 11.8. The molecular formula is C14H23N3O2. The minimum Gasteiger partial charge on any atom is -0.361 e. The predicted octanol–water partition coefficient (Wildman–Crippen LogP) is 1.85. The Kier molecular flexibility index (Phi) is 4.58. The molecule has 1 fully saturated rings. The van der Waals surface area contributed by atoms with Gasteiger partial charge in [-0.1, -0.05) is 18.0 Å². The second kappa shape index (κ2) is 6.19. The fourth-order valence-electron chi connectivity index (χ4n) is 2.69. The van der Waals surface area contributed by atoms with Crippen LogP contribution in [-0.2, 0) is 11.3 Å². The van der Waals surface area contributed by atoms with Gasteiger partial charge >= 0.3 is 0 Å². The fraction of sp³-hybridized carbons (Fsp3) is 0.714. The van der Waals surface area contributed by atoms with Crippen molar-refractivity contribution in [3.63, 3.8) is 0 Å². The Morgan fingerprint density at radius 2 is 2.26 bits per heavy atom. The van der Waals surface area contributed by atoms with Crippen LogP contribution in [0.5, 0.6) is 0 Å². The molecule has 1 aliphatic rings. The van der Waals surface area contributed by atoms with E-state index >= 15 is 0 Å². The first-order valence-corrected chi connectivity index (χ1v) is 6.98. The summed E-state index contributed by atoms with van der Waals surface area (Å²) in [4.78, 5) is 13.9. The van der Waals surface area contributed by atoms with Gasteiger partial charge in [-0.05, 0) is 25.7 Å². The van der Waals surface area contributed by atoms with Crippen molar-refractivity contribution in [2.24, 2.45) is 11.7 Å². The number of nitrogens with zero attached hydrogens (tertiary/aromatic N) is 2. The molecule has 2 unspecified atom stereocenters. The number of carbonyl (C=O) groups is 1. The first-order chi connectivity index (χ1) is 9.06. The van der Waals surface area contributed by atoms with Gasteiger partial charge in [0.2, 0.25) is 5.91 Å². The van der Waals surface area contributed by atoms with E-state index in [-0.39, 0.29) is 11.9 Å². The minimum absolute atomic E-state index is 0.142. The van der Waals surface area contributed by atoms with Crippen molar-refractivity contribution in [2.45, 2.75) is 51.6 Å². The van der Waals surface area contributed by atoms with E-state index in [1.165, 1.54) is 12.8 Å². The Balaban J connectivity index is 1.85. The van der Waals surface area contributed by atoms with Gasteiger partial charge in [0.1, 0.15) is 11.5 Å². The van der Waals surface area contributed by atoms with Gasteiger partial charge in [-0.3, -0.25) is 4.79 Å². The summed E-state index contributed by atoms with van der Waals surface area (Å²) in [7, 11) is 1.81. The lowest BCUT2D eigenvalue weighted by atomic mass is 9.83. The summed E-state index contributed by atoms with van der Waals surface area (Å²) in [5, 5.41) is 3.91. The van der Waals surface area contributed by atoms with Crippen molar-refractivity contribution in [3.8, 4) is 0 Å². The van der Waals surface area contributed by atoms with E-state index in [9.17, 15) is 4.79 Å². The average molecular weight is 265 g/mol. The van der Waals surface area contributed by atoms with Crippen molar-refractivity contribution in [1.29, 1.82) is 0 Å². The summed E-state index contributed by atoms with van der Waals surface area (Å²) in [6, 6.07) is 2.04. The third-order valence-electron chi connectivity index (χ3n) is 3.91. The number of hydrogen-bond acceptors (Lipinski definition) is 4. The molecule has 1 aromatic heterocycles. The van der Waals surface area contributed by atoms with Crippen LogP contribution in [0.3, 0.4) is 0 Å². The second-order valence-corrected chi connectivity index (χ2v) is 5.59. The molecule has 1 heterocycles. The summed E-state index contributed by atoms with van der Waals surface area (Å²) in [5.41, 5.74) is 6.88. The summed E-state index contributed by atoms with van der Waals surface area (Å²) < 4.78 is 5.00. The van der Waals surface area contributed by atoms with E-state index in [1.807, 2.05) is 13.0 Å². The van der Waals surface area contributed by atoms with Crippen LogP contribution < -0.4 is 5.73 Å². The predicted molar refractivity (Wildman–Crippen MR) is 72.3 cm³/mol. The highest BCUT2D eigenvalue weighted by Gasteiger charge is 2.25. The lowest BCUT2D eigenvalue weighted by Gasteiger charge is -2.29. The Morgan fingerprint density at radius 3 is 2.89 bits per heavy atom. The molecule has 5 nitrogen and oxygen atoms in total. The Labute approximate surface area is 114 Å². The normalized spacial score (nSPS) is 23.3. The van der Waals surface area contributed by atoms with Crippen LogP contribution in [0, 0.1) is 12.8 Å². The lowest BCUT2D eigenvalue weighted by molar-refractivity contribution is -0.131. The SMILES string of the molecule is Cc1cc(CN(C)C(=O)CC2CCCCC2N)no1. The van der Waals surface area contributed by atoms with Crippen LogP contribution in [0.2, 0.25) is 0 Å². The molecule has 0 bridgehead atoms. The van der Waals surface area contributed by atoms with Gasteiger partial charge in [0.15, 0.2) is 0 Å². The number of hydrogen-bond donors (Lipinski definition) is 1. The molecule has 0 saturated heterocycles. The topological polar surface area (TPSA) is 72.4 Å². The lowest BCUT2D eigenvalue weighted by Crippen LogP contribution is -2.37. The van der Waals surface area contributed by atoms with E-state index in [0.29, 0.717) is 18.9 Å². The Morgan fingerprint density at radius 1 is 1.53 bits per heavy atom. The average Bonchev–Trinajstić information content (AvgIpc) is 2.77. The van der Waals surface area contributed by atoms with Gasteiger partial charge in [-0.15, -0.1) is 0 Å². The van der Waals surface area contributed by atoms with Gasteiger partial charge in [0.05, 0.1) is 6.54 Å². The molecule has 0 radical (unpaired) electrons. The first kappa shape index (κ1) is 14.1. The van der Waals surface area contributed by atoms with E-state index in [0.717, 1.165) is 24.3 Å². The molecule has 0 aromatic carbocycles. The molecule has 2 N–H and O–H groups in total. The van der Waals surface area contributed by atoms with E-state index in [2.05, 4.69) is 5.16 Å². The summed E-state index contributed by atoms with van der Waals surface area (Å²) in [6.07, 6.45) is 5.06. The Bertz CT molecular complexity index is 430. The zero-order valence-corrected chi connectivity index (χ0v) is 11.8. The van der Waals surface area contributed by atoms with Crippen LogP contribution in [0.15, 0.2) is 10.6 Å². The van der Waals surface area contributed by atoms with Crippen LogP contribution in [0.25, 0.3) is 0 Å². The first-order valence-electron chi connectivity index (χ1n) is 6.98. The molecule has 0 aliphatic heterocycles. The van der Waals surface area contributed by atoms with Gasteiger partial charge in [-0.2, -0.15) is 0 Å². The van der Waals surface area contributed by atoms with Crippen molar-refractivity contribution in [1.82, 2.24) is 10.1 Å². The Hall–Kier alpha value is -1.36. The number of aryl methyl sites for hydroxylation is 1. The molecule has 1 aliphatic carbocycles. The van der Waals surface area contributed by atoms with E-state index in [4.69, 9.17) is 10.3 Å².